The van der Waals surface area contributed by atoms with Crippen molar-refractivity contribution in [1.82, 2.24) is 15.1 Å². The van der Waals surface area contributed by atoms with Gasteiger partial charge in [-0.25, -0.2) is 0 Å². The first-order chi connectivity index (χ1) is 18.1. The standard InChI is InChI=1S/C29H40N4O4.CH4.2H2S/c34-24-19-37-25-13-14-33(27(24)25)29(36)26(20-5-2-1-3-6-20)30-28(35)21-9-11-23(12-10-21)32-17-15-31(16-18-32)22-7-4-8-22;;;/h9-12,20,22,25-27H,1-8,13-19H2,(H,30,35);1H4;2*1H2/t25-,26+,27-;;;/m1.../s1. The summed E-state index contributed by atoms with van der Waals surface area (Å²) in [5, 5.41) is 3.10. The number of anilines is 1. The highest BCUT2D eigenvalue weighted by atomic mass is 32.1. The molecule has 224 valence electrons. The molecule has 10 heteroatoms. The number of ketones is 1. The van der Waals surface area contributed by atoms with Crippen molar-refractivity contribution in [2.75, 3.05) is 44.2 Å². The van der Waals surface area contributed by atoms with E-state index in [-0.39, 0.29) is 70.6 Å². The molecule has 1 N–H and O–H groups in total. The van der Waals surface area contributed by atoms with Gasteiger partial charge in [-0.2, -0.15) is 27.0 Å². The van der Waals surface area contributed by atoms with Gasteiger partial charge in [0.15, 0.2) is 5.78 Å². The molecule has 2 saturated carbocycles. The lowest BCUT2D eigenvalue weighted by Gasteiger charge is -2.43. The van der Waals surface area contributed by atoms with Crippen molar-refractivity contribution in [1.29, 1.82) is 0 Å². The smallest absolute Gasteiger partial charge is 0.251 e. The fourth-order valence-electron chi connectivity index (χ4n) is 7.01. The number of carbonyl (C=O) groups is 3. The van der Waals surface area contributed by atoms with Gasteiger partial charge in [0.1, 0.15) is 18.7 Å². The van der Waals surface area contributed by atoms with E-state index in [0.717, 1.165) is 63.6 Å². The van der Waals surface area contributed by atoms with Crippen LogP contribution in [0.5, 0.6) is 0 Å². The van der Waals surface area contributed by atoms with Crippen LogP contribution in [0, 0.1) is 5.92 Å². The van der Waals surface area contributed by atoms with Gasteiger partial charge in [0.2, 0.25) is 5.91 Å². The Balaban J connectivity index is 0.00000147. The quantitative estimate of drug-likeness (QED) is 0.545. The van der Waals surface area contributed by atoms with Gasteiger partial charge in [-0.3, -0.25) is 19.3 Å². The molecule has 3 heterocycles. The third-order valence-corrected chi connectivity index (χ3v) is 9.47. The first kappa shape index (κ1) is 32.8. The third kappa shape index (κ3) is 6.66. The minimum atomic E-state index is -0.598. The third-order valence-electron chi connectivity index (χ3n) is 9.47. The number of nitrogens with zero attached hydrogens (tertiary/aromatic N) is 3. The predicted octanol–water partition coefficient (Wildman–Crippen LogP) is 3.47. The average molecular weight is 593 g/mol. The van der Waals surface area contributed by atoms with Crippen molar-refractivity contribution in [2.45, 2.75) is 89.4 Å². The van der Waals surface area contributed by atoms with Crippen LogP contribution in [0.1, 0.15) is 75.6 Å². The molecule has 5 aliphatic rings. The van der Waals surface area contributed by atoms with Crippen LogP contribution in [-0.4, -0.2) is 91.0 Å². The van der Waals surface area contributed by atoms with E-state index in [0.29, 0.717) is 18.5 Å². The van der Waals surface area contributed by atoms with Crippen LogP contribution in [0.25, 0.3) is 0 Å². The molecule has 40 heavy (non-hydrogen) atoms. The normalized spacial score (nSPS) is 26.1. The summed E-state index contributed by atoms with van der Waals surface area (Å²) in [7, 11) is 0. The molecule has 3 aliphatic heterocycles. The topological polar surface area (TPSA) is 82.2 Å². The highest BCUT2D eigenvalue weighted by Crippen LogP contribution is 2.32. The largest absolute Gasteiger partial charge is 0.369 e. The molecule has 3 atom stereocenters. The van der Waals surface area contributed by atoms with Crippen LogP contribution < -0.4 is 10.2 Å². The van der Waals surface area contributed by atoms with Crippen molar-refractivity contribution in [2.24, 2.45) is 5.92 Å². The summed E-state index contributed by atoms with van der Waals surface area (Å²) in [4.78, 5) is 46.3. The molecule has 8 nitrogen and oxygen atoms in total. The molecule has 0 bridgehead atoms. The zero-order valence-corrected chi connectivity index (χ0v) is 24.8. The van der Waals surface area contributed by atoms with Crippen molar-refractivity contribution in [3.8, 4) is 0 Å². The Hall–Kier alpha value is -1.75. The maximum atomic E-state index is 13.8. The molecule has 1 aromatic carbocycles. The molecule has 3 saturated heterocycles. The molecule has 0 unspecified atom stereocenters. The minimum absolute atomic E-state index is 0. The molecule has 2 amide bonds. The summed E-state index contributed by atoms with van der Waals surface area (Å²) in [5.41, 5.74) is 1.72. The number of carbonyl (C=O) groups excluding carboxylic acids is 3. The van der Waals surface area contributed by atoms with Crippen molar-refractivity contribution in [3.63, 3.8) is 0 Å². The van der Waals surface area contributed by atoms with Crippen LogP contribution in [0.3, 0.4) is 0 Å². The van der Waals surface area contributed by atoms with Crippen molar-refractivity contribution in [3.05, 3.63) is 29.8 Å². The van der Waals surface area contributed by atoms with Gasteiger partial charge in [-0.15, -0.1) is 0 Å². The molecule has 0 radical (unpaired) electrons. The highest BCUT2D eigenvalue weighted by Gasteiger charge is 2.49. The Labute approximate surface area is 253 Å². The van der Waals surface area contributed by atoms with Gasteiger partial charge in [-0.1, -0.05) is 33.1 Å². The van der Waals surface area contributed by atoms with Crippen LogP contribution in [0.2, 0.25) is 0 Å². The van der Waals surface area contributed by atoms with E-state index < -0.39 is 12.1 Å². The highest BCUT2D eigenvalue weighted by molar-refractivity contribution is 7.59. The Morgan fingerprint density at radius 3 is 2.15 bits per heavy atom. The van der Waals surface area contributed by atoms with Crippen LogP contribution in [0.15, 0.2) is 24.3 Å². The summed E-state index contributed by atoms with van der Waals surface area (Å²) in [6, 6.07) is 7.53. The van der Waals surface area contributed by atoms with E-state index in [1.165, 1.54) is 25.7 Å². The van der Waals surface area contributed by atoms with Crippen molar-refractivity contribution >= 4 is 50.3 Å². The Morgan fingerprint density at radius 2 is 1.52 bits per heavy atom. The first-order valence-corrected chi connectivity index (χ1v) is 14.4. The molecular weight excluding hydrogens is 544 g/mol. The van der Waals surface area contributed by atoms with E-state index >= 15 is 0 Å². The lowest BCUT2D eigenvalue weighted by Crippen LogP contribution is -2.55. The van der Waals surface area contributed by atoms with Gasteiger partial charge in [-0.05, 0) is 62.3 Å². The molecular formula is C30H48N4O4S2. The van der Waals surface area contributed by atoms with Gasteiger partial charge in [0.05, 0.1) is 6.10 Å². The summed E-state index contributed by atoms with van der Waals surface area (Å²) >= 11 is 0. The average Bonchev–Trinajstić information content (AvgIpc) is 3.50. The summed E-state index contributed by atoms with van der Waals surface area (Å²) < 4.78 is 5.60. The molecule has 0 spiro atoms. The summed E-state index contributed by atoms with van der Waals surface area (Å²) in [6.45, 7) is 4.83. The van der Waals surface area contributed by atoms with Gasteiger partial charge >= 0.3 is 0 Å². The number of benzene rings is 1. The lowest BCUT2D eigenvalue weighted by atomic mass is 9.83. The molecule has 6 rings (SSSR count). The molecule has 1 aromatic rings. The van der Waals surface area contributed by atoms with Crippen LogP contribution >= 0.6 is 27.0 Å². The maximum Gasteiger partial charge on any atom is 0.251 e. The zero-order chi connectivity index (χ0) is 25.4. The minimum Gasteiger partial charge on any atom is -0.369 e. The lowest BCUT2D eigenvalue weighted by molar-refractivity contribution is -0.139. The molecule has 5 fully saturated rings. The number of amides is 2. The van der Waals surface area contributed by atoms with E-state index in [1.54, 1.807) is 4.90 Å². The SMILES string of the molecule is C.O=C(N[C@H](C(=O)N1CC[C@H]2OCC(=O)[C@H]21)C1CCCCC1)c1ccc(N2CCN(C3CCC3)CC2)cc1.S.S. The number of fused-ring (bicyclic) bond motifs is 1. The number of Topliss-reactive ketones (excluding diaryl/α,β-unsaturated/α-hetero) is 1. The van der Waals surface area contributed by atoms with E-state index in [2.05, 4.69) is 15.1 Å². The fourth-order valence-corrected chi connectivity index (χ4v) is 7.01. The number of likely N-dealkylation sites (tertiary alicyclic amines) is 1. The maximum absolute atomic E-state index is 13.8. The second kappa shape index (κ2) is 14.4. The summed E-state index contributed by atoms with van der Waals surface area (Å²) in [6.07, 6.45) is 9.71. The monoisotopic (exact) mass is 592 g/mol. The van der Waals surface area contributed by atoms with Gasteiger partial charge < -0.3 is 19.9 Å². The number of nitrogens with one attached hydrogen (secondary N) is 1. The summed E-state index contributed by atoms with van der Waals surface area (Å²) in [5.74, 6) is -0.246. The Kier molecular flexibility index (Phi) is 11.8. The number of ether oxygens (including phenoxy) is 1. The Bertz CT molecular complexity index is 1010. The molecule has 0 aromatic heterocycles. The fraction of sp³-hybridized carbons (Fsp3) is 0.700. The second-order valence-corrected chi connectivity index (χ2v) is 11.6. The zero-order valence-electron chi connectivity index (χ0n) is 22.8. The van der Waals surface area contributed by atoms with E-state index in [9.17, 15) is 14.4 Å². The molecule has 2 aliphatic carbocycles. The predicted molar refractivity (Wildman–Crippen MR) is 168 cm³/mol. The van der Waals surface area contributed by atoms with Crippen molar-refractivity contribution < 1.29 is 19.1 Å². The second-order valence-electron chi connectivity index (χ2n) is 11.6. The number of rotatable bonds is 6. The van der Waals surface area contributed by atoms with Crippen LogP contribution in [-0.2, 0) is 14.3 Å². The van der Waals surface area contributed by atoms with E-state index in [1.807, 2.05) is 24.3 Å². The van der Waals surface area contributed by atoms with Gasteiger partial charge in [0.25, 0.3) is 5.91 Å². The number of piperazine rings is 1. The van der Waals surface area contributed by atoms with Crippen LogP contribution in [0.4, 0.5) is 5.69 Å². The first-order valence-electron chi connectivity index (χ1n) is 14.4. The Morgan fingerprint density at radius 1 is 0.850 bits per heavy atom. The van der Waals surface area contributed by atoms with E-state index in [4.69, 9.17) is 4.74 Å². The number of hydrogen-bond acceptors (Lipinski definition) is 6. The number of hydrogen-bond donors (Lipinski definition) is 1. The van der Waals surface area contributed by atoms with Gasteiger partial charge in [0, 0.05) is 50.0 Å².